The van der Waals surface area contributed by atoms with Crippen molar-refractivity contribution in [3.63, 3.8) is 0 Å². The van der Waals surface area contributed by atoms with Crippen LogP contribution in [-0.2, 0) is 0 Å². The van der Waals surface area contributed by atoms with Crippen LogP contribution in [0.25, 0.3) is 0 Å². The van der Waals surface area contributed by atoms with Gasteiger partial charge in [-0.05, 0) is 13.0 Å². The van der Waals surface area contributed by atoms with Crippen molar-refractivity contribution < 1.29 is 4.92 Å². The SMILES string of the molecule is CC.Cc1cccc(N)c1[N+](=O)[O-]. The van der Waals surface area contributed by atoms with E-state index >= 15 is 0 Å². The van der Waals surface area contributed by atoms with Gasteiger partial charge in [0.1, 0.15) is 5.69 Å². The zero-order valence-corrected chi connectivity index (χ0v) is 8.07. The molecule has 1 rings (SSSR count). The minimum absolute atomic E-state index is 0.00694. The second kappa shape index (κ2) is 5.13. The number of hydrogen-bond acceptors (Lipinski definition) is 3. The second-order valence-electron chi connectivity index (χ2n) is 2.27. The molecule has 1 aromatic carbocycles. The van der Waals surface area contributed by atoms with Crippen molar-refractivity contribution in [1.82, 2.24) is 0 Å². The molecule has 0 saturated heterocycles. The molecule has 0 bridgehead atoms. The summed E-state index contributed by atoms with van der Waals surface area (Å²) in [5.74, 6) is 0. The van der Waals surface area contributed by atoms with Crippen molar-refractivity contribution in [1.29, 1.82) is 0 Å². The number of hydrogen-bond donors (Lipinski definition) is 1. The van der Waals surface area contributed by atoms with E-state index in [4.69, 9.17) is 5.73 Å². The minimum atomic E-state index is -0.468. The molecule has 0 radical (unpaired) electrons. The lowest BCUT2D eigenvalue weighted by Gasteiger charge is -1.98. The van der Waals surface area contributed by atoms with Crippen LogP contribution < -0.4 is 5.73 Å². The highest BCUT2D eigenvalue weighted by atomic mass is 16.6. The normalized spacial score (nSPS) is 8.54. The number of anilines is 1. The lowest BCUT2D eigenvalue weighted by atomic mass is 10.2. The molecular weight excluding hydrogens is 168 g/mol. The molecule has 0 aliphatic carbocycles. The summed E-state index contributed by atoms with van der Waals surface area (Å²) in [6.45, 7) is 5.66. The van der Waals surface area contributed by atoms with E-state index in [9.17, 15) is 10.1 Å². The highest BCUT2D eigenvalue weighted by Crippen LogP contribution is 2.24. The Labute approximate surface area is 77.5 Å². The predicted molar refractivity (Wildman–Crippen MR) is 53.6 cm³/mol. The predicted octanol–water partition coefficient (Wildman–Crippen LogP) is 2.51. The maximum Gasteiger partial charge on any atom is 0.294 e. The zero-order chi connectivity index (χ0) is 10.4. The Balaban J connectivity index is 0.000000671. The van der Waals surface area contributed by atoms with Crippen LogP contribution in [0, 0.1) is 17.0 Å². The van der Waals surface area contributed by atoms with Gasteiger partial charge in [-0.25, -0.2) is 0 Å². The van der Waals surface area contributed by atoms with Crippen LogP contribution in [0.4, 0.5) is 11.4 Å². The number of nitrogen functional groups attached to an aromatic ring is 1. The van der Waals surface area contributed by atoms with Gasteiger partial charge >= 0.3 is 0 Å². The van der Waals surface area contributed by atoms with Gasteiger partial charge in [-0.15, -0.1) is 0 Å². The molecule has 1 aromatic rings. The third-order valence-electron chi connectivity index (χ3n) is 1.45. The number of nitro benzene ring substituents is 1. The molecule has 0 fully saturated rings. The number of nitro groups is 1. The van der Waals surface area contributed by atoms with Crippen LogP contribution in [0.2, 0.25) is 0 Å². The van der Waals surface area contributed by atoms with Crippen LogP contribution in [0.15, 0.2) is 18.2 Å². The second-order valence-corrected chi connectivity index (χ2v) is 2.27. The third-order valence-corrected chi connectivity index (χ3v) is 1.45. The van der Waals surface area contributed by atoms with Gasteiger partial charge in [0.05, 0.1) is 4.92 Å². The molecule has 0 unspecified atom stereocenters. The Morgan fingerprint density at radius 3 is 2.23 bits per heavy atom. The number of para-hydroxylation sites is 1. The molecule has 4 heteroatoms. The van der Waals surface area contributed by atoms with Crippen LogP contribution >= 0.6 is 0 Å². The van der Waals surface area contributed by atoms with E-state index in [0.717, 1.165) is 0 Å². The maximum atomic E-state index is 10.4. The highest BCUT2D eigenvalue weighted by molar-refractivity contribution is 5.61. The summed E-state index contributed by atoms with van der Waals surface area (Å²) in [4.78, 5) is 9.90. The molecule has 0 amide bonds. The Kier molecular flexibility index (Phi) is 4.51. The Morgan fingerprint density at radius 1 is 1.38 bits per heavy atom. The minimum Gasteiger partial charge on any atom is -0.393 e. The first-order chi connectivity index (χ1) is 6.13. The fourth-order valence-corrected chi connectivity index (χ4v) is 0.931. The number of benzene rings is 1. The van der Waals surface area contributed by atoms with Crippen molar-refractivity contribution in [2.24, 2.45) is 0 Å². The molecular formula is C9H14N2O2. The number of nitrogens with zero attached hydrogens (tertiary/aromatic N) is 1. The summed E-state index contributed by atoms with van der Waals surface area (Å²) in [6.07, 6.45) is 0. The van der Waals surface area contributed by atoms with Crippen LogP contribution in [0.3, 0.4) is 0 Å². The van der Waals surface area contributed by atoms with Crippen molar-refractivity contribution in [3.8, 4) is 0 Å². The van der Waals surface area contributed by atoms with Crippen LogP contribution in [0.5, 0.6) is 0 Å². The zero-order valence-electron chi connectivity index (χ0n) is 8.07. The van der Waals surface area contributed by atoms with Gasteiger partial charge < -0.3 is 5.73 Å². The van der Waals surface area contributed by atoms with Crippen molar-refractivity contribution in [2.45, 2.75) is 20.8 Å². The fraction of sp³-hybridized carbons (Fsp3) is 0.333. The van der Waals surface area contributed by atoms with Gasteiger partial charge in [-0.2, -0.15) is 0 Å². The first-order valence-electron chi connectivity index (χ1n) is 4.12. The summed E-state index contributed by atoms with van der Waals surface area (Å²) >= 11 is 0. The number of nitrogens with two attached hydrogens (primary N) is 1. The summed E-state index contributed by atoms with van der Waals surface area (Å²) in [6, 6.07) is 4.87. The van der Waals surface area contributed by atoms with Crippen molar-refractivity contribution in [3.05, 3.63) is 33.9 Å². The average molecular weight is 182 g/mol. The van der Waals surface area contributed by atoms with Gasteiger partial charge in [-0.1, -0.05) is 26.0 Å². The van der Waals surface area contributed by atoms with Gasteiger partial charge in [0.2, 0.25) is 0 Å². The van der Waals surface area contributed by atoms with E-state index in [0.29, 0.717) is 5.56 Å². The Hall–Kier alpha value is -1.58. The molecule has 0 aliphatic rings. The number of rotatable bonds is 1. The lowest BCUT2D eigenvalue weighted by Crippen LogP contribution is -1.97. The van der Waals surface area contributed by atoms with E-state index < -0.39 is 4.92 Å². The monoisotopic (exact) mass is 182 g/mol. The topological polar surface area (TPSA) is 69.2 Å². The Morgan fingerprint density at radius 2 is 1.92 bits per heavy atom. The van der Waals surface area contributed by atoms with Crippen LogP contribution in [0.1, 0.15) is 19.4 Å². The summed E-state index contributed by atoms with van der Waals surface area (Å²) < 4.78 is 0. The molecule has 2 N–H and O–H groups in total. The molecule has 4 nitrogen and oxygen atoms in total. The summed E-state index contributed by atoms with van der Waals surface area (Å²) in [5.41, 5.74) is 6.20. The maximum absolute atomic E-state index is 10.4. The standard InChI is InChI=1S/C7H8N2O2.C2H6/c1-5-3-2-4-6(8)7(5)9(10)11;1-2/h2-4H,8H2,1H3;1-2H3. The first kappa shape index (κ1) is 11.4. The first-order valence-corrected chi connectivity index (χ1v) is 4.12. The molecule has 72 valence electrons. The van der Waals surface area contributed by atoms with E-state index in [1.54, 1.807) is 19.1 Å². The smallest absolute Gasteiger partial charge is 0.294 e. The largest absolute Gasteiger partial charge is 0.393 e. The molecule has 0 saturated carbocycles. The fourth-order valence-electron chi connectivity index (χ4n) is 0.931. The quantitative estimate of drug-likeness (QED) is 0.412. The van der Waals surface area contributed by atoms with E-state index in [1.807, 2.05) is 13.8 Å². The molecule has 13 heavy (non-hydrogen) atoms. The average Bonchev–Trinajstić information content (AvgIpc) is 2.07. The van der Waals surface area contributed by atoms with E-state index in [2.05, 4.69) is 0 Å². The van der Waals surface area contributed by atoms with Crippen LogP contribution in [-0.4, -0.2) is 4.92 Å². The lowest BCUT2D eigenvalue weighted by molar-refractivity contribution is -0.384. The number of aryl methyl sites for hydroxylation is 1. The summed E-state index contributed by atoms with van der Waals surface area (Å²) in [5, 5.41) is 10.4. The third kappa shape index (κ3) is 2.74. The highest BCUT2D eigenvalue weighted by Gasteiger charge is 2.12. The van der Waals surface area contributed by atoms with Crippen molar-refractivity contribution >= 4 is 11.4 Å². The van der Waals surface area contributed by atoms with E-state index in [-0.39, 0.29) is 11.4 Å². The van der Waals surface area contributed by atoms with Gasteiger partial charge in [0.15, 0.2) is 0 Å². The van der Waals surface area contributed by atoms with Gasteiger partial charge in [0, 0.05) is 5.56 Å². The molecule has 0 aromatic heterocycles. The molecule has 0 heterocycles. The Bertz CT molecular complexity index is 277. The van der Waals surface area contributed by atoms with Crippen molar-refractivity contribution in [2.75, 3.05) is 5.73 Å². The van der Waals surface area contributed by atoms with E-state index in [1.165, 1.54) is 6.07 Å². The van der Waals surface area contributed by atoms with Gasteiger partial charge in [-0.3, -0.25) is 10.1 Å². The molecule has 0 atom stereocenters. The van der Waals surface area contributed by atoms with Gasteiger partial charge in [0.25, 0.3) is 5.69 Å². The summed E-state index contributed by atoms with van der Waals surface area (Å²) in [7, 11) is 0. The molecule has 0 spiro atoms. The molecule has 0 aliphatic heterocycles.